The fourth-order valence-corrected chi connectivity index (χ4v) is 5.87. The van der Waals surface area contributed by atoms with Crippen LogP contribution in [0, 0.1) is 6.92 Å². The van der Waals surface area contributed by atoms with Crippen molar-refractivity contribution in [2.45, 2.75) is 69.5 Å². The predicted octanol–water partition coefficient (Wildman–Crippen LogP) is 2.04. The number of rotatable bonds is 6. The van der Waals surface area contributed by atoms with E-state index >= 15 is 0 Å². The largest absolute Gasteiger partial charge is 0.349 e. The van der Waals surface area contributed by atoms with Crippen LogP contribution in [0.5, 0.6) is 0 Å². The fourth-order valence-electron chi connectivity index (χ4n) is 4.17. The number of amides is 1. The molecular weight excluding hydrogens is 350 g/mol. The Labute approximate surface area is 156 Å². The Morgan fingerprint density at radius 3 is 2.38 bits per heavy atom. The van der Waals surface area contributed by atoms with Crippen molar-refractivity contribution in [3.05, 3.63) is 29.3 Å². The van der Waals surface area contributed by atoms with Gasteiger partial charge in [-0.15, -0.1) is 0 Å². The molecule has 7 heteroatoms. The average molecular weight is 380 g/mol. The van der Waals surface area contributed by atoms with Gasteiger partial charge in [-0.05, 0) is 50.3 Å². The fraction of sp³-hybridized carbons (Fsp3) is 0.632. The zero-order chi connectivity index (χ0) is 18.9. The number of carbonyl (C=O) groups is 1. The van der Waals surface area contributed by atoms with Crippen molar-refractivity contribution < 1.29 is 13.2 Å². The van der Waals surface area contributed by atoms with Crippen molar-refractivity contribution in [3.8, 4) is 0 Å². The molecule has 26 heavy (non-hydrogen) atoms. The van der Waals surface area contributed by atoms with Crippen molar-refractivity contribution in [1.82, 2.24) is 14.9 Å². The molecule has 2 unspecified atom stereocenters. The van der Waals surface area contributed by atoms with Crippen LogP contribution in [0.2, 0.25) is 0 Å². The lowest BCUT2D eigenvalue weighted by Crippen LogP contribution is -2.48. The number of hydrogen-bond acceptors (Lipinski definition) is 4. The first-order chi connectivity index (χ1) is 12.3. The molecule has 0 spiro atoms. The van der Waals surface area contributed by atoms with Crippen LogP contribution in [0.3, 0.4) is 0 Å². The minimum Gasteiger partial charge on any atom is -0.349 e. The lowest BCUT2D eigenvalue weighted by atomic mass is 9.99. The number of benzene rings is 1. The van der Waals surface area contributed by atoms with E-state index in [-0.39, 0.29) is 16.8 Å². The van der Waals surface area contributed by atoms with Gasteiger partial charge in [0.25, 0.3) is 5.91 Å². The third-order valence-electron chi connectivity index (χ3n) is 5.58. The second kappa shape index (κ2) is 7.66. The molecule has 2 N–H and O–H groups in total. The van der Waals surface area contributed by atoms with Gasteiger partial charge >= 0.3 is 0 Å². The highest BCUT2D eigenvalue weighted by molar-refractivity contribution is 7.89. The van der Waals surface area contributed by atoms with Gasteiger partial charge in [0.1, 0.15) is 0 Å². The van der Waals surface area contributed by atoms with E-state index in [9.17, 15) is 13.2 Å². The monoisotopic (exact) mass is 379 g/mol. The van der Waals surface area contributed by atoms with Crippen molar-refractivity contribution in [2.24, 2.45) is 0 Å². The molecule has 0 aromatic heterocycles. The molecule has 2 atom stereocenters. The number of aryl methyl sites for hydroxylation is 1. The molecule has 6 nitrogen and oxygen atoms in total. The van der Waals surface area contributed by atoms with Crippen molar-refractivity contribution in [1.29, 1.82) is 0 Å². The number of piperidine rings is 1. The Kier molecular flexibility index (Phi) is 5.69. The number of sulfonamides is 1. The third-order valence-corrected chi connectivity index (χ3v) is 7.77. The third kappa shape index (κ3) is 3.80. The first-order valence-electron chi connectivity index (χ1n) is 9.52. The summed E-state index contributed by atoms with van der Waals surface area (Å²) in [4.78, 5) is 12.9. The van der Waals surface area contributed by atoms with E-state index in [1.165, 1.54) is 23.2 Å². The lowest BCUT2D eigenvalue weighted by Gasteiger charge is -2.29. The Balaban J connectivity index is 1.79. The number of carbonyl (C=O) groups excluding carboxylic acids is 1. The van der Waals surface area contributed by atoms with Crippen LogP contribution >= 0.6 is 0 Å². The van der Waals surface area contributed by atoms with Crippen molar-refractivity contribution in [2.75, 3.05) is 13.1 Å². The smallest absolute Gasteiger partial charge is 0.251 e. The van der Waals surface area contributed by atoms with E-state index in [0.29, 0.717) is 36.3 Å². The molecule has 3 rings (SSSR count). The average Bonchev–Trinajstić information content (AvgIpc) is 2.94. The van der Waals surface area contributed by atoms with Gasteiger partial charge in [-0.1, -0.05) is 19.9 Å². The molecule has 2 fully saturated rings. The van der Waals surface area contributed by atoms with E-state index in [2.05, 4.69) is 10.6 Å². The summed E-state index contributed by atoms with van der Waals surface area (Å²) in [5, 5.41) is 6.66. The van der Waals surface area contributed by atoms with Gasteiger partial charge in [0.05, 0.1) is 4.90 Å². The number of fused-ring (bicyclic) bond motifs is 2. The molecule has 0 radical (unpaired) electrons. The van der Waals surface area contributed by atoms with E-state index in [0.717, 1.165) is 12.8 Å². The van der Waals surface area contributed by atoms with Gasteiger partial charge < -0.3 is 10.6 Å². The Morgan fingerprint density at radius 2 is 1.81 bits per heavy atom. The summed E-state index contributed by atoms with van der Waals surface area (Å²) in [5.41, 5.74) is 1.07. The van der Waals surface area contributed by atoms with Gasteiger partial charge in [0, 0.05) is 36.8 Å². The van der Waals surface area contributed by atoms with Crippen LogP contribution in [0.15, 0.2) is 23.1 Å². The van der Waals surface area contributed by atoms with Gasteiger partial charge in [-0.3, -0.25) is 4.79 Å². The molecule has 2 bridgehead atoms. The summed E-state index contributed by atoms with van der Waals surface area (Å²) < 4.78 is 27.1. The summed E-state index contributed by atoms with van der Waals surface area (Å²) in [6.07, 6.45) is 4.24. The summed E-state index contributed by atoms with van der Waals surface area (Å²) in [5.74, 6) is -0.188. The van der Waals surface area contributed by atoms with Crippen LogP contribution < -0.4 is 10.6 Å². The quantitative estimate of drug-likeness (QED) is 0.793. The van der Waals surface area contributed by atoms with E-state index in [4.69, 9.17) is 0 Å². The minimum absolute atomic E-state index is 0.158. The van der Waals surface area contributed by atoms with Crippen LogP contribution in [-0.4, -0.2) is 49.8 Å². The number of nitrogens with one attached hydrogen (secondary N) is 2. The SMILES string of the molecule is CCN(CC)S(=O)(=O)c1cc(C(=O)NC2CC3CCC(C2)N3)ccc1C. The molecule has 0 saturated carbocycles. The molecule has 1 aromatic rings. The highest BCUT2D eigenvalue weighted by Crippen LogP contribution is 2.27. The highest BCUT2D eigenvalue weighted by atomic mass is 32.2. The molecule has 0 aliphatic carbocycles. The second-order valence-corrected chi connectivity index (χ2v) is 9.26. The maximum atomic E-state index is 12.9. The maximum Gasteiger partial charge on any atom is 0.251 e. The normalized spacial score (nSPS) is 25.5. The first-order valence-corrected chi connectivity index (χ1v) is 11.0. The predicted molar refractivity (Wildman–Crippen MR) is 102 cm³/mol. The van der Waals surface area contributed by atoms with Gasteiger partial charge in [-0.2, -0.15) is 4.31 Å². The molecule has 144 valence electrons. The van der Waals surface area contributed by atoms with E-state index < -0.39 is 10.0 Å². The second-order valence-electron chi connectivity index (χ2n) is 7.35. The van der Waals surface area contributed by atoms with Crippen LogP contribution in [0.25, 0.3) is 0 Å². The van der Waals surface area contributed by atoms with E-state index in [1.807, 2.05) is 13.8 Å². The summed E-state index contributed by atoms with van der Waals surface area (Å²) in [6.45, 7) is 6.22. The van der Waals surface area contributed by atoms with Gasteiger partial charge in [0.2, 0.25) is 10.0 Å². The van der Waals surface area contributed by atoms with Crippen LogP contribution in [0.4, 0.5) is 0 Å². The molecule has 2 saturated heterocycles. The van der Waals surface area contributed by atoms with E-state index in [1.54, 1.807) is 19.1 Å². The lowest BCUT2D eigenvalue weighted by molar-refractivity contribution is 0.0923. The standard InChI is InChI=1S/C19H29N3O3S/c1-4-22(5-2)26(24,25)18-10-14(7-6-13(18)3)19(23)21-17-11-15-8-9-16(12-17)20-15/h6-7,10,15-17,20H,4-5,8-9,11-12H2,1-3H3,(H,21,23). The van der Waals surface area contributed by atoms with Gasteiger partial charge in [-0.25, -0.2) is 8.42 Å². The zero-order valence-electron chi connectivity index (χ0n) is 15.8. The summed E-state index contributed by atoms with van der Waals surface area (Å²) in [6, 6.07) is 6.10. The van der Waals surface area contributed by atoms with Gasteiger partial charge in [0.15, 0.2) is 0 Å². The molecule has 2 heterocycles. The maximum absolute atomic E-state index is 12.9. The molecular formula is C19H29N3O3S. The minimum atomic E-state index is -3.59. The van der Waals surface area contributed by atoms with Crippen molar-refractivity contribution in [3.63, 3.8) is 0 Å². The molecule has 1 aromatic carbocycles. The topological polar surface area (TPSA) is 78.5 Å². The molecule has 1 amide bonds. The first kappa shape index (κ1) is 19.3. The Hall–Kier alpha value is -1.44. The Morgan fingerprint density at radius 1 is 1.19 bits per heavy atom. The van der Waals surface area contributed by atoms with Crippen LogP contribution in [0.1, 0.15) is 55.5 Å². The molecule has 2 aliphatic heterocycles. The number of nitrogens with zero attached hydrogens (tertiary/aromatic N) is 1. The summed E-state index contributed by atoms with van der Waals surface area (Å²) >= 11 is 0. The summed E-state index contributed by atoms with van der Waals surface area (Å²) in [7, 11) is -3.59. The van der Waals surface area contributed by atoms with Crippen molar-refractivity contribution >= 4 is 15.9 Å². The molecule has 2 aliphatic rings. The highest BCUT2D eigenvalue weighted by Gasteiger charge is 2.34. The number of hydrogen-bond donors (Lipinski definition) is 2. The van der Waals surface area contributed by atoms with Crippen LogP contribution in [-0.2, 0) is 10.0 Å². The Bertz CT molecular complexity index is 762. The zero-order valence-corrected chi connectivity index (χ0v) is 16.6.